The summed E-state index contributed by atoms with van der Waals surface area (Å²) in [6.07, 6.45) is 0. The molecule has 1 unspecified atom stereocenters. The third-order valence-electron chi connectivity index (χ3n) is 3.85. The second kappa shape index (κ2) is 6.77. The quantitative estimate of drug-likeness (QED) is 0.861. The van der Waals surface area contributed by atoms with Gasteiger partial charge in [0.1, 0.15) is 0 Å². The number of halogens is 2. The SMILES string of the molecule is CC1CN(c2nc(Cl)nc(Cl)n2)CCN1Cc1ccccc1. The van der Waals surface area contributed by atoms with Crippen molar-refractivity contribution in [3.05, 3.63) is 46.5 Å². The molecule has 3 rings (SSSR count). The van der Waals surface area contributed by atoms with Gasteiger partial charge in [-0.1, -0.05) is 30.3 Å². The van der Waals surface area contributed by atoms with Gasteiger partial charge in [-0.25, -0.2) is 0 Å². The maximum Gasteiger partial charge on any atom is 0.231 e. The molecule has 0 aliphatic carbocycles. The Morgan fingerprint density at radius 1 is 1.05 bits per heavy atom. The van der Waals surface area contributed by atoms with Crippen LogP contribution in [0, 0.1) is 0 Å². The highest BCUT2D eigenvalue weighted by Crippen LogP contribution is 2.19. The first-order valence-corrected chi connectivity index (χ1v) is 7.97. The highest BCUT2D eigenvalue weighted by molar-refractivity contribution is 6.31. The summed E-state index contributed by atoms with van der Waals surface area (Å²) in [5.74, 6) is 0.552. The van der Waals surface area contributed by atoms with E-state index in [-0.39, 0.29) is 10.6 Å². The van der Waals surface area contributed by atoms with E-state index in [2.05, 4.69) is 55.9 Å². The largest absolute Gasteiger partial charge is 0.338 e. The van der Waals surface area contributed by atoms with Gasteiger partial charge in [0.2, 0.25) is 16.5 Å². The predicted octanol–water partition coefficient (Wildman–Crippen LogP) is 2.89. The van der Waals surface area contributed by atoms with Gasteiger partial charge in [-0.2, -0.15) is 15.0 Å². The molecule has 1 aliphatic heterocycles. The summed E-state index contributed by atoms with van der Waals surface area (Å²) in [5, 5.41) is 0.267. The van der Waals surface area contributed by atoms with Crippen LogP contribution in [0.3, 0.4) is 0 Å². The van der Waals surface area contributed by atoms with Crippen LogP contribution in [0.15, 0.2) is 30.3 Å². The van der Waals surface area contributed by atoms with E-state index in [1.165, 1.54) is 5.56 Å². The van der Waals surface area contributed by atoms with E-state index in [0.717, 1.165) is 26.2 Å². The van der Waals surface area contributed by atoms with Crippen LogP contribution < -0.4 is 4.90 Å². The number of anilines is 1. The highest BCUT2D eigenvalue weighted by atomic mass is 35.5. The van der Waals surface area contributed by atoms with Crippen LogP contribution in [0.5, 0.6) is 0 Å². The molecule has 1 aromatic carbocycles. The Balaban J connectivity index is 1.67. The fourth-order valence-corrected chi connectivity index (χ4v) is 3.04. The van der Waals surface area contributed by atoms with Crippen molar-refractivity contribution in [2.45, 2.75) is 19.5 Å². The van der Waals surface area contributed by atoms with Gasteiger partial charge in [-0.05, 0) is 35.7 Å². The van der Waals surface area contributed by atoms with Crippen LogP contribution in [0.1, 0.15) is 12.5 Å². The van der Waals surface area contributed by atoms with Crippen LogP contribution in [0.4, 0.5) is 5.95 Å². The Morgan fingerprint density at radius 2 is 1.73 bits per heavy atom. The molecule has 0 N–H and O–H groups in total. The van der Waals surface area contributed by atoms with E-state index in [4.69, 9.17) is 23.2 Å². The third-order valence-corrected chi connectivity index (χ3v) is 4.18. The Morgan fingerprint density at radius 3 is 2.36 bits per heavy atom. The zero-order chi connectivity index (χ0) is 15.5. The lowest BCUT2D eigenvalue weighted by molar-refractivity contribution is 0.180. The molecular formula is C15H17Cl2N5. The third kappa shape index (κ3) is 3.66. The van der Waals surface area contributed by atoms with E-state index in [9.17, 15) is 0 Å². The minimum Gasteiger partial charge on any atom is -0.338 e. The molecule has 0 spiro atoms. The molecule has 116 valence electrons. The number of benzene rings is 1. The normalized spacial score (nSPS) is 19.4. The second-order valence-electron chi connectivity index (χ2n) is 5.42. The first kappa shape index (κ1) is 15.5. The monoisotopic (exact) mass is 337 g/mol. The Hall–Kier alpha value is -1.43. The molecule has 7 heteroatoms. The van der Waals surface area contributed by atoms with Gasteiger partial charge in [0, 0.05) is 32.2 Å². The molecule has 1 atom stereocenters. The lowest BCUT2D eigenvalue weighted by Gasteiger charge is -2.39. The van der Waals surface area contributed by atoms with Gasteiger partial charge in [-0.3, -0.25) is 4.90 Å². The summed E-state index contributed by atoms with van der Waals surface area (Å²) in [7, 11) is 0. The van der Waals surface area contributed by atoms with Crippen LogP contribution >= 0.6 is 23.2 Å². The van der Waals surface area contributed by atoms with Gasteiger partial charge < -0.3 is 4.90 Å². The van der Waals surface area contributed by atoms with E-state index in [0.29, 0.717) is 12.0 Å². The minimum absolute atomic E-state index is 0.134. The van der Waals surface area contributed by atoms with Gasteiger partial charge in [0.25, 0.3) is 0 Å². The van der Waals surface area contributed by atoms with Crippen molar-refractivity contribution < 1.29 is 0 Å². The summed E-state index contributed by atoms with van der Waals surface area (Å²) in [5.41, 5.74) is 1.33. The molecule has 0 amide bonds. The molecule has 0 radical (unpaired) electrons. The lowest BCUT2D eigenvalue weighted by Crippen LogP contribution is -2.52. The number of hydrogen-bond acceptors (Lipinski definition) is 5. The van der Waals surface area contributed by atoms with Crippen molar-refractivity contribution in [1.29, 1.82) is 0 Å². The predicted molar refractivity (Wildman–Crippen MR) is 88.4 cm³/mol. The molecule has 0 bridgehead atoms. The van der Waals surface area contributed by atoms with E-state index >= 15 is 0 Å². The number of aromatic nitrogens is 3. The Kier molecular flexibility index (Phi) is 4.76. The Labute approximate surface area is 139 Å². The molecule has 1 fully saturated rings. The average molecular weight is 338 g/mol. The van der Waals surface area contributed by atoms with Crippen LogP contribution in [0.2, 0.25) is 10.6 Å². The van der Waals surface area contributed by atoms with E-state index in [1.807, 2.05) is 6.07 Å². The summed E-state index contributed by atoms with van der Waals surface area (Å²) in [6, 6.07) is 10.9. The van der Waals surface area contributed by atoms with Crippen LogP contribution in [-0.2, 0) is 6.54 Å². The molecule has 1 aliphatic rings. The van der Waals surface area contributed by atoms with Crippen molar-refractivity contribution in [3.8, 4) is 0 Å². The summed E-state index contributed by atoms with van der Waals surface area (Å²) in [4.78, 5) is 16.7. The maximum atomic E-state index is 5.86. The zero-order valence-corrected chi connectivity index (χ0v) is 13.8. The van der Waals surface area contributed by atoms with Gasteiger partial charge in [0.15, 0.2) is 0 Å². The zero-order valence-electron chi connectivity index (χ0n) is 12.3. The number of piperazine rings is 1. The first-order valence-electron chi connectivity index (χ1n) is 7.22. The molecular weight excluding hydrogens is 321 g/mol. The second-order valence-corrected chi connectivity index (χ2v) is 6.10. The summed E-state index contributed by atoms with van der Waals surface area (Å²) >= 11 is 11.7. The molecule has 22 heavy (non-hydrogen) atoms. The minimum atomic E-state index is 0.134. The van der Waals surface area contributed by atoms with Crippen molar-refractivity contribution in [2.75, 3.05) is 24.5 Å². The summed E-state index contributed by atoms with van der Waals surface area (Å²) in [6.45, 7) is 5.78. The van der Waals surface area contributed by atoms with Gasteiger partial charge in [0.05, 0.1) is 0 Å². The van der Waals surface area contributed by atoms with Crippen LogP contribution in [0.25, 0.3) is 0 Å². The summed E-state index contributed by atoms with van der Waals surface area (Å²) < 4.78 is 0. The molecule has 5 nitrogen and oxygen atoms in total. The van der Waals surface area contributed by atoms with Crippen molar-refractivity contribution >= 4 is 29.2 Å². The molecule has 0 saturated carbocycles. The standard InChI is InChI=1S/C15H17Cl2N5/c1-11-9-22(15-19-13(16)18-14(17)20-15)8-7-21(11)10-12-5-3-2-4-6-12/h2-6,11H,7-10H2,1H3. The highest BCUT2D eigenvalue weighted by Gasteiger charge is 2.25. The van der Waals surface area contributed by atoms with E-state index in [1.54, 1.807) is 0 Å². The fourth-order valence-electron chi connectivity index (χ4n) is 2.69. The fraction of sp³-hybridized carbons (Fsp3) is 0.400. The molecule has 2 aromatic rings. The maximum absolute atomic E-state index is 5.86. The van der Waals surface area contributed by atoms with Crippen molar-refractivity contribution in [3.63, 3.8) is 0 Å². The molecule has 1 saturated heterocycles. The molecule has 1 aromatic heterocycles. The lowest BCUT2D eigenvalue weighted by atomic mass is 10.1. The van der Waals surface area contributed by atoms with Crippen LogP contribution in [-0.4, -0.2) is 45.5 Å². The Bertz CT molecular complexity index is 617. The number of hydrogen-bond donors (Lipinski definition) is 0. The number of rotatable bonds is 3. The smallest absolute Gasteiger partial charge is 0.231 e. The van der Waals surface area contributed by atoms with Gasteiger partial charge >= 0.3 is 0 Å². The average Bonchev–Trinajstić information content (AvgIpc) is 2.49. The van der Waals surface area contributed by atoms with E-state index < -0.39 is 0 Å². The molecule has 2 heterocycles. The van der Waals surface area contributed by atoms with Crippen molar-refractivity contribution in [1.82, 2.24) is 19.9 Å². The van der Waals surface area contributed by atoms with Gasteiger partial charge in [-0.15, -0.1) is 0 Å². The topological polar surface area (TPSA) is 45.2 Å². The first-order chi connectivity index (χ1) is 10.6. The number of nitrogens with zero attached hydrogens (tertiary/aromatic N) is 5. The van der Waals surface area contributed by atoms with Crippen molar-refractivity contribution in [2.24, 2.45) is 0 Å².